The lowest BCUT2D eigenvalue weighted by atomic mass is 9.91. The molecule has 0 bridgehead atoms. The van der Waals surface area contributed by atoms with E-state index in [0.29, 0.717) is 6.04 Å². The van der Waals surface area contributed by atoms with Gasteiger partial charge in [-0.25, -0.2) is 0 Å². The van der Waals surface area contributed by atoms with Crippen molar-refractivity contribution in [2.45, 2.75) is 13.0 Å². The molecule has 3 heteroatoms. The number of likely N-dealkylation sites (tertiary alicyclic amines) is 1. The highest BCUT2D eigenvalue weighted by atomic mass is 35.5. The molecule has 0 atom stereocenters. The van der Waals surface area contributed by atoms with Gasteiger partial charge in [0.05, 0.1) is 6.04 Å². The van der Waals surface area contributed by atoms with Gasteiger partial charge in [-0.15, -0.1) is 0 Å². The normalized spacial score (nSPS) is 16.4. The van der Waals surface area contributed by atoms with E-state index in [9.17, 15) is 0 Å². The average Bonchev–Trinajstić information content (AvgIpc) is 2.41. The summed E-state index contributed by atoms with van der Waals surface area (Å²) >= 11 is 12.0. The van der Waals surface area contributed by atoms with Gasteiger partial charge in [-0.3, -0.25) is 4.90 Å². The first-order valence-electron chi connectivity index (χ1n) is 6.88. The summed E-state index contributed by atoms with van der Waals surface area (Å²) in [6.07, 6.45) is 0. The highest BCUT2D eigenvalue weighted by Crippen LogP contribution is 2.34. The maximum Gasteiger partial charge on any atom is 0.0602 e. The zero-order valence-electron chi connectivity index (χ0n) is 11.4. The first-order valence-corrected chi connectivity index (χ1v) is 7.64. The molecule has 3 rings (SSSR count). The second kappa shape index (κ2) is 5.77. The summed E-state index contributed by atoms with van der Waals surface area (Å²) in [5, 5.41) is 1.56. The van der Waals surface area contributed by atoms with Gasteiger partial charge in [0.2, 0.25) is 0 Å². The van der Waals surface area contributed by atoms with Crippen molar-refractivity contribution >= 4 is 23.2 Å². The monoisotopic (exact) mass is 305 g/mol. The Labute approximate surface area is 130 Å². The van der Waals surface area contributed by atoms with Gasteiger partial charge in [0.1, 0.15) is 0 Å². The van der Waals surface area contributed by atoms with E-state index >= 15 is 0 Å². The number of halogens is 2. The summed E-state index contributed by atoms with van der Waals surface area (Å²) in [4.78, 5) is 2.50. The molecule has 0 unspecified atom stereocenters. The molecule has 0 radical (unpaired) electrons. The van der Waals surface area contributed by atoms with E-state index in [0.717, 1.165) is 29.1 Å². The van der Waals surface area contributed by atoms with Crippen molar-refractivity contribution in [3.63, 3.8) is 0 Å². The second-order valence-corrected chi connectivity index (χ2v) is 6.44. The molecule has 1 saturated heterocycles. The molecule has 1 heterocycles. The third-order valence-electron chi connectivity index (χ3n) is 3.83. The molecule has 0 aliphatic carbocycles. The molecule has 20 heavy (non-hydrogen) atoms. The van der Waals surface area contributed by atoms with Crippen LogP contribution in [0.5, 0.6) is 0 Å². The lowest BCUT2D eigenvalue weighted by molar-refractivity contribution is 0.0796. The Hall–Kier alpha value is -1.02. The fraction of sp³-hybridized carbons (Fsp3) is 0.294. The summed E-state index contributed by atoms with van der Waals surface area (Å²) in [5.74, 6) is 0.775. The number of hydrogen-bond donors (Lipinski definition) is 0. The number of rotatable bonds is 3. The molecule has 1 nitrogen and oxygen atoms in total. The van der Waals surface area contributed by atoms with Crippen LogP contribution in [0.1, 0.15) is 24.1 Å². The second-order valence-electron chi connectivity index (χ2n) is 5.56. The van der Waals surface area contributed by atoms with Gasteiger partial charge in [0.15, 0.2) is 0 Å². The molecule has 0 amide bonds. The fourth-order valence-corrected chi connectivity index (χ4v) is 3.11. The smallest absolute Gasteiger partial charge is 0.0602 e. The molecule has 1 fully saturated rings. The molecular weight excluding hydrogens is 289 g/mol. The standard InChI is InChI=1S/C17H17Cl2N/c1-12-10-20(11-12)17(13-2-6-15(18)7-3-13)14-4-8-16(19)9-5-14/h2-9,12,17H,10-11H2,1H3. The Kier molecular flexibility index (Phi) is 4.02. The van der Waals surface area contributed by atoms with Gasteiger partial charge in [-0.1, -0.05) is 54.4 Å². The molecule has 0 saturated carbocycles. The van der Waals surface area contributed by atoms with Crippen LogP contribution in [0.3, 0.4) is 0 Å². The summed E-state index contributed by atoms with van der Waals surface area (Å²) in [6, 6.07) is 16.6. The number of nitrogens with zero attached hydrogens (tertiary/aromatic N) is 1. The third-order valence-corrected chi connectivity index (χ3v) is 4.33. The van der Waals surface area contributed by atoms with Crippen molar-refractivity contribution in [2.24, 2.45) is 5.92 Å². The van der Waals surface area contributed by atoms with Gasteiger partial charge in [0, 0.05) is 23.1 Å². The Morgan fingerprint density at radius 3 is 1.60 bits per heavy atom. The summed E-state index contributed by atoms with van der Waals surface area (Å²) in [6.45, 7) is 4.56. The van der Waals surface area contributed by atoms with Gasteiger partial charge in [0.25, 0.3) is 0 Å². The lowest BCUT2D eigenvalue weighted by Crippen LogP contribution is -2.47. The first kappa shape index (κ1) is 13.9. The van der Waals surface area contributed by atoms with Crippen LogP contribution in [0, 0.1) is 5.92 Å². The molecule has 0 N–H and O–H groups in total. The maximum atomic E-state index is 6.00. The Morgan fingerprint density at radius 1 is 0.850 bits per heavy atom. The predicted octanol–water partition coefficient (Wildman–Crippen LogP) is 5.03. The van der Waals surface area contributed by atoms with Crippen LogP contribution in [0.2, 0.25) is 10.0 Å². The highest BCUT2D eigenvalue weighted by molar-refractivity contribution is 6.30. The van der Waals surface area contributed by atoms with Crippen molar-refractivity contribution in [2.75, 3.05) is 13.1 Å². The van der Waals surface area contributed by atoms with E-state index in [1.165, 1.54) is 11.1 Å². The van der Waals surface area contributed by atoms with E-state index in [4.69, 9.17) is 23.2 Å². The zero-order valence-corrected chi connectivity index (χ0v) is 12.9. The predicted molar refractivity (Wildman–Crippen MR) is 85.5 cm³/mol. The van der Waals surface area contributed by atoms with Gasteiger partial charge >= 0.3 is 0 Å². The molecule has 1 aliphatic heterocycles. The van der Waals surface area contributed by atoms with E-state index < -0.39 is 0 Å². The first-order chi connectivity index (χ1) is 9.63. The molecule has 0 aromatic heterocycles. The summed E-state index contributed by atoms with van der Waals surface area (Å²) in [5.41, 5.74) is 2.56. The van der Waals surface area contributed by atoms with Crippen molar-refractivity contribution < 1.29 is 0 Å². The molecular formula is C17H17Cl2N. The maximum absolute atomic E-state index is 6.00. The topological polar surface area (TPSA) is 3.24 Å². The third kappa shape index (κ3) is 2.85. The number of hydrogen-bond acceptors (Lipinski definition) is 1. The number of benzene rings is 2. The van der Waals surface area contributed by atoms with E-state index in [-0.39, 0.29) is 0 Å². The molecule has 2 aromatic carbocycles. The average molecular weight is 306 g/mol. The van der Waals surface area contributed by atoms with E-state index in [2.05, 4.69) is 36.1 Å². The molecule has 104 valence electrons. The zero-order chi connectivity index (χ0) is 14.1. The van der Waals surface area contributed by atoms with Gasteiger partial charge in [-0.2, -0.15) is 0 Å². The van der Waals surface area contributed by atoms with E-state index in [1.54, 1.807) is 0 Å². The Morgan fingerprint density at radius 2 is 1.25 bits per heavy atom. The van der Waals surface area contributed by atoms with Crippen molar-refractivity contribution in [3.05, 3.63) is 69.7 Å². The minimum absolute atomic E-state index is 0.292. The van der Waals surface area contributed by atoms with Crippen molar-refractivity contribution in [1.82, 2.24) is 4.90 Å². The van der Waals surface area contributed by atoms with E-state index in [1.807, 2.05) is 24.3 Å². The molecule has 1 aliphatic rings. The van der Waals surface area contributed by atoms with Gasteiger partial charge in [-0.05, 0) is 41.3 Å². The minimum Gasteiger partial charge on any atom is -0.292 e. The Balaban J connectivity index is 1.95. The van der Waals surface area contributed by atoms with Crippen LogP contribution in [0.4, 0.5) is 0 Å². The summed E-state index contributed by atoms with van der Waals surface area (Å²) < 4.78 is 0. The van der Waals surface area contributed by atoms with Crippen LogP contribution in [-0.2, 0) is 0 Å². The quantitative estimate of drug-likeness (QED) is 0.768. The largest absolute Gasteiger partial charge is 0.292 e. The molecule has 2 aromatic rings. The van der Waals surface area contributed by atoms with Crippen LogP contribution in [0.25, 0.3) is 0 Å². The van der Waals surface area contributed by atoms with Crippen LogP contribution >= 0.6 is 23.2 Å². The fourth-order valence-electron chi connectivity index (χ4n) is 2.86. The van der Waals surface area contributed by atoms with Crippen LogP contribution in [-0.4, -0.2) is 18.0 Å². The SMILES string of the molecule is CC1CN(C(c2ccc(Cl)cc2)c2ccc(Cl)cc2)C1. The summed E-state index contributed by atoms with van der Waals surface area (Å²) in [7, 11) is 0. The van der Waals surface area contributed by atoms with Crippen LogP contribution in [0.15, 0.2) is 48.5 Å². The van der Waals surface area contributed by atoms with Crippen molar-refractivity contribution in [3.8, 4) is 0 Å². The lowest BCUT2D eigenvalue weighted by Gasteiger charge is -2.43. The highest BCUT2D eigenvalue weighted by Gasteiger charge is 2.31. The Bertz CT molecular complexity index is 525. The minimum atomic E-state index is 0.292. The van der Waals surface area contributed by atoms with Crippen LogP contribution < -0.4 is 0 Å². The van der Waals surface area contributed by atoms with Crippen molar-refractivity contribution in [1.29, 1.82) is 0 Å². The van der Waals surface area contributed by atoms with Gasteiger partial charge < -0.3 is 0 Å². The molecule has 0 spiro atoms.